The van der Waals surface area contributed by atoms with Gasteiger partial charge in [0.2, 0.25) is 0 Å². The molecular weight excluding hydrogens is 230 g/mol. The van der Waals surface area contributed by atoms with E-state index in [1.165, 1.54) is 6.33 Å². The molecule has 0 aliphatic rings. The second kappa shape index (κ2) is 3.99. The van der Waals surface area contributed by atoms with Gasteiger partial charge in [0.25, 0.3) is 0 Å². The maximum Gasteiger partial charge on any atom is 0.177 e. The van der Waals surface area contributed by atoms with E-state index in [0.717, 1.165) is 10.3 Å². The molecule has 3 rings (SSSR count). The predicted octanol–water partition coefficient (Wildman–Crippen LogP) is 0.998. The standard InChI is InChI=1S/C12H11N5O/c13-11-10-12(15-8-17(10)18)16(7-14-11)6-9-4-2-1-3-5-9/h1-5,7-8,13,18H,6H2. The van der Waals surface area contributed by atoms with E-state index in [9.17, 15) is 5.21 Å². The van der Waals surface area contributed by atoms with Crippen molar-refractivity contribution in [1.82, 2.24) is 19.3 Å². The van der Waals surface area contributed by atoms with Crippen LogP contribution in [0.5, 0.6) is 0 Å². The number of nitrogens with one attached hydrogen (secondary N) is 1. The molecule has 3 aromatic rings. The molecule has 0 bridgehead atoms. The van der Waals surface area contributed by atoms with Crippen molar-refractivity contribution in [2.24, 2.45) is 0 Å². The Kier molecular flexibility index (Phi) is 2.33. The Morgan fingerprint density at radius 3 is 2.67 bits per heavy atom. The van der Waals surface area contributed by atoms with Gasteiger partial charge in [0, 0.05) is 0 Å². The number of imidazole rings is 1. The van der Waals surface area contributed by atoms with E-state index in [0.29, 0.717) is 17.7 Å². The number of benzene rings is 1. The first-order valence-electron chi connectivity index (χ1n) is 5.46. The summed E-state index contributed by atoms with van der Waals surface area (Å²) in [5.41, 5.74) is 1.97. The molecule has 0 radical (unpaired) electrons. The van der Waals surface area contributed by atoms with Crippen molar-refractivity contribution >= 4 is 11.2 Å². The first kappa shape index (κ1) is 10.5. The third-order valence-corrected chi connectivity index (χ3v) is 2.75. The molecule has 0 atom stereocenters. The lowest BCUT2D eigenvalue weighted by atomic mass is 10.2. The van der Waals surface area contributed by atoms with Crippen LogP contribution in [0.15, 0.2) is 43.0 Å². The van der Waals surface area contributed by atoms with Gasteiger partial charge in [0.05, 0.1) is 12.9 Å². The fraction of sp³-hybridized carbons (Fsp3) is 0.0833. The first-order valence-corrected chi connectivity index (χ1v) is 5.46. The van der Waals surface area contributed by atoms with Crippen molar-refractivity contribution in [3.05, 3.63) is 54.0 Å². The first-order chi connectivity index (χ1) is 8.75. The highest BCUT2D eigenvalue weighted by atomic mass is 16.5. The minimum atomic E-state index is 0.00862. The molecule has 6 heteroatoms. The maximum atomic E-state index is 9.56. The highest BCUT2D eigenvalue weighted by Gasteiger charge is 2.08. The molecule has 18 heavy (non-hydrogen) atoms. The average molecular weight is 241 g/mol. The van der Waals surface area contributed by atoms with Gasteiger partial charge in [-0.3, -0.25) is 5.41 Å². The number of hydrogen-bond donors (Lipinski definition) is 2. The summed E-state index contributed by atoms with van der Waals surface area (Å²) in [7, 11) is 0. The number of aromatic nitrogens is 4. The van der Waals surface area contributed by atoms with E-state index in [2.05, 4.69) is 9.97 Å². The van der Waals surface area contributed by atoms with Gasteiger partial charge in [-0.1, -0.05) is 30.3 Å². The Balaban J connectivity index is 2.14. The molecule has 0 amide bonds. The van der Waals surface area contributed by atoms with Crippen LogP contribution in [0.25, 0.3) is 11.2 Å². The van der Waals surface area contributed by atoms with Crippen molar-refractivity contribution in [2.75, 3.05) is 0 Å². The molecule has 6 nitrogen and oxygen atoms in total. The fourth-order valence-corrected chi connectivity index (χ4v) is 1.89. The van der Waals surface area contributed by atoms with Crippen LogP contribution in [0, 0.1) is 5.41 Å². The Morgan fingerprint density at radius 2 is 1.89 bits per heavy atom. The number of hydrogen-bond acceptors (Lipinski definition) is 4. The number of fused-ring (bicyclic) bond motifs is 1. The molecule has 0 unspecified atom stereocenters. The summed E-state index contributed by atoms with van der Waals surface area (Å²) in [5, 5.41) is 17.2. The summed E-state index contributed by atoms with van der Waals surface area (Å²) in [6.07, 6.45) is 2.83. The van der Waals surface area contributed by atoms with Crippen LogP contribution in [0.3, 0.4) is 0 Å². The zero-order valence-corrected chi connectivity index (χ0v) is 9.48. The molecule has 2 heterocycles. The van der Waals surface area contributed by atoms with E-state index in [1.54, 1.807) is 10.9 Å². The van der Waals surface area contributed by atoms with Gasteiger partial charge >= 0.3 is 0 Å². The van der Waals surface area contributed by atoms with E-state index in [4.69, 9.17) is 5.41 Å². The van der Waals surface area contributed by atoms with Crippen molar-refractivity contribution in [3.63, 3.8) is 0 Å². The molecule has 90 valence electrons. The van der Waals surface area contributed by atoms with Gasteiger partial charge in [-0.25, -0.2) is 9.97 Å². The van der Waals surface area contributed by atoms with Crippen molar-refractivity contribution in [3.8, 4) is 0 Å². The van der Waals surface area contributed by atoms with Crippen molar-refractivity contribution in [2.45, 2.75) is 6.54 Å². The van der Waals surface area contributed by atoms with Crippen LogP contribution in [0.1, 0.15) is 5.56 Å². The maximum absolute atomic E-state index is 9.56. The van der Waals surface area contributed by atoms with Gasteiger partial charge in [-0.05, 0) is 5.56 Å². The smallest absolute Gasteiger partial charge is 0.177 e. The Labute approximate surface area is 102 Å². The highest BCUT2D eigenvalue weighted by Crippen LogP contribution is 2.08. The molecule has 0 saturated heterocycles. The second-order valence-electron chi connectivity index (χ2n) is 3.97. The molecule has 2 aromatic heterocycles. The van der Waals surface area contributed by atoms with E-state index in [1.807, 2.05) is 30.3 Å². The molecule has 2 N–H and O–H groups in total. The molecule has 1 aromatic carbocycles. The van der Waals surface area contributed by atoms with Crippen LogP contribution < -0.4 is 5.49 Å². The molecule has 0 fully saturated rings. The summed E-state index contributed by atoms with van der Waals surface area (Å²) in [6.45, 7) is 0.599. The second-order valence-corrected chi connectivity index (χ2v) is 3.97. The molecular formula is C12H11N5O. The molecule has 0 saturated carbocycles. The molecule has 0 aliphatic heterocycles. The third kappa shape index (κ3) is 1.64. The highest BCUT2D eigenvalue weighted by molar-refractivity contribution is 5.68. The Bertz CT molecular complexity index is 744. The number of nitrogens with zero attached hydrogens (tertiary/aromatic N) is 4. The van der Waals surface area contributed by atoms with Crippen LogP contribution in [-0.2, 0) is 6.54 Å². The van der Waals surface area contributed by atoms with Crippen LogP contribution >= 0.6 is 0 Å². The lowest BCUT2D eigenvalue weighted by molar-refractivity contribution is 0.197. The van der Waals surface area contributed by atoms with Gasteiger partial charge in [0.15, 0.2) is 16.7 Å². The lowest BCUT2D eigenvalue weighted by Crippen LogP contribution is -2.15. The predicted molar refractivity (Wildman–Crippen MR) is 64.1 cm³/mol. The van der Waals surface area contributed by atoms with Gasteiger partial charge in [0.1, 0.15) is 6.33 Å². The third-order valence-electron chi connectivity index (χ3n) is 2.75. The SMILES string of the molecule is N=c1ncn(Cc2ccccc2)c2ncn(O)c12. The topological polar surface area (TPSA) is 79.7 Å². The molecule has 0 aliphatic carbocycles. The molecule has 0 spiro atoms. The quantitative estimate of drug-likeness (QED) is 0.657. The van der Waals surface area contributed by atoms with Crippen LogP contribution in [-0.4, -0.2) is 24.5 Å². The van der Waals surface area contributed by atoms with Crippen LogP contribution in [0.2, 0.25) is 0 Å². The fourth-order valence-electron chi connectivity index (χ4n) is 1.89. The van der Waals surface area contributed by atoms with Crippen molar-refractivity contribution < 1.29 is 5.21 Å². The minimum Gasteiger partial charge on any atom is -0.427 e. The Morgan fingerprint density at radius 1 is 1.11 bits per heavy atom. The van der Waals surface area contributed by atoms with Crippen molar-refractivity contribution in [1.29, 1.82) is 5.41 Å². The summed E-state index contributed by atoms with van der Waals surface area (Å²) in [6, 6.07) is 9.89. The minimum absolute atomic E-state index is 0.00862. The number of rotatable bonds is 2. The summed E-state index contributed by atoms with van der Waals surface area (Å²) < 4.78 is 2.63. The summed E-state index contributed by atoms with van der Waals surface area (Å²) in [4.78, 5) is 8.04. The largest absolute Gasteiger partial charge is 0.427 e. The van der Waals surface area contributed by atoms with E-state index < -0.39 is 0 Å². The normalized spacial score (nSPS) is 10.9. The van der Waals surface area contributed by atoms with E-state index >= 15 is 0 Å². The van der Waals surface area contributed by atoms with E-state index in [-0.39, 0.29) is 5.49 Å². The monoisotopic (exact) mass is 241 g/mol. The Hall–Kier alpha value is -2.63. The zero-order chi connectivity index (χ0) is 12.5. The van der Waals surface area contributed by atoms with Crippen LogP contribution in [0.4, 0.5) is 0 Å². The summed E-state index contributed by atoms with van der Waals surface area (Å²) in [5.74, 6) is 0. The zero-order valence-electron chi connectivity index (χ0n) is 9.48. The lowest BCUT2D eigenvalue weighted by Gasteiger charge is -2.06. The average Bonchev–Trinajstić information content (AvgIpc) is 2.78. The van der Waals surface area contributed by atoms with Gasteiger partial charge in [-0.2, -0.15) is 4.73 Å². The van der Waals surface area contributed by atoms with Gasteiger partial charge < -0.3 is 9.77 Å². The van der Waals surface area contributed by atoms with Gasteiger partial charge in [-0.15, -0.1) is 0 Å². The summed E-state index contributed by atoms with van der Waals surface area (Å²) >= 11 is 0.